The van der Waals surface area contributed by atoms with Crippen molar-refractivity contribution in [2.75, 3.05) is 5.32 Å². The van der Waals surface area contributed by atoms with Crippen molar-refractivity contribution in [2.24, 2.45) is 0 Å². The molecule has 1 atom stereocenters. The number of benzene rings is 1. The van der Waals surface area contributed by atoms with E-state index in [4.69, 9.17) is 23.2 Å². The standard InChI is InChI=1S/C17H13Cl2N5O/c1-9-16-12(10-2-4-11(18)5-3-10)8-15(25)20-17(16)24(23-9)14-7-6-13(19)21-22-14/h2-7,12H,8H2,1H3,(H,20,25). The van der Waals surface area contributed by atoms with E-state index in [-0.39, 0.29) is 11.8 Å². The van der Waals surface area contributed by atoms with Crippen LogP contribution in [0.1, 0.15) is 29.2 Å². The van der Waals surface area contributed by atoms with Crippen LogP contribution < -0.4 is 5.32 Å². The molecule has 3 heterocycles. The van der Waals surface area contributed by atoms with Gasteiger partial charge in [-0.05, 0) is 36.8 Å². The average molecular weight is 374 g/mol. The molecule has 8 heteroatoms. The maximum Gasteiger partial charge on any atom is 0.226 e. The molecule has 1 aliphatic rings. The Kier molecular flexibility index (Phi) is 3.94. The van der Waals surface area contributed by atoms with Gasteiger partial charge in [0.25, 0.3) is 0 Å². The number of nitrogens with one attached hydrogen (secondary N) is 1. The Balaban J connectivity index is 1.85. The number of carbonyl (C=O) groups is 1. The van der Waals surface area contributed by atoms with Gasteiger partial charge >= 0.3 is 0 Å². The quantitative estimate of drug-likeness (QED) is 0.742. The second-order valence-corrected chi connectivity index (χ2v) is 6.65. The Bertz CT molecular complexity index is 950. The topological polar surface area (TPSA) is 72.7 Å². The highest BCUT2D eigenvalue weighted by Crippen LogP contribution is 2.40. The summed E-state index contributed by atoms with van der Waals surface area (Å²) in [5.41, 5.74) is 2.82. The maximum atomic E-state index is 12.3. The van der Waals surface area contributed by atoms with Crippen molar-refractivity contribution in [1.29, 1.82) is 0 Å². The molecule has 1 unspecified atom stereocenters. The minimum atomic E-state index is -0.0879. The number of nitrogens with zero attached hydrogens (tertiary/aromatic N) is 4. The molecule has 1 amide bonds. The van der Waals surface area contributed by atoms with E-state index < -0.39 is 0 Å². The molecule has 6 nitrogen and oxygen atoms in total. The molecule has 1 aromatic carbocycles. The van der Waals surface area contributed by atoms with Crippen molar-refractivity contribution >= 4 is 34.9 Å². The van der Waals surface area contributed by atoms with Crippen LogP contribution >= 0.6 is 23.2 Å². The molecule has 0 fully saturated rings. The van der Waals surface area contributed by atoms with E-state index in [9.17, 15) is 4.79 Å². The van der Waals surface area contributed by atoms with Crippen LogP contribution in [-0.2, 0) is 4.79 Å². The van der Waals surface area contributed by atoms with Gasteiger partial charge in [-0.15, -0.1) is 10.2 Å². The first-order valence-electron chi connectivity index (χ1n) is 7.67. The highest BCUT2D eigenvalue weighted by atomic mass is 35.5. The van der Waals surface area contributed by atoms with Gasteiger partial charge in [-0.1, -0.05) is 35.3 Å². The third kappa shape index (κ3) is 2.88. The van der Waals surface area contributed by atoms with Gasteiger partial charge in [0.15, 0.2) is 11.0 Å². The minimum Gasteiger partial charge on any atom is -0.310 e. The minimum absolute atomic E-state index is 0.0736. The zero-order chi connectivity index (χ0) is 17.6. The smallest absolute Gasteiger partial charge is 0.226 e. The number of rotatable bonds is 2. The highest BCUT2D eigenvalue weighted by molar-refractivity contribution is 6.30. The Morgan fingerprint density at radius 1 is 1.12 bits per heavy atom. The molecule has 0 radical (unpaired) electrons. The monoisotopic (exact) mass is 373 g/mol. The van der Waals surface area contributed by atoms with E-state index in [1.165, 1.54) is 0 Å². The lowest BCUT2D eigenvalue weighted by atomic mass is 9.86. The fourth-order valence-corrected chi connectivity index (χ4v) is 3.34. The van der Waals surface area contributed by atoms with E-state index in [1.54, 1.807) is 16.8 Å². The first-order valence-corrected chi connectivity index (χ1v) is 8.43. The molecule has 2 aromatic heterocycles. The van der Waals surface area contributed by atoms with Crippen LogP contribution in [0.3, 0.4) is 0 Å². The van der Waals surface area contributed by atoms with Crippen molar-refractivity contribution in [2.45, 2.75) is 19.3 Å². The first kappa shape index (κ1) is 16.1. The second-order valence-electron chi connectivity index (χ2n) is 5.83. The van der Waals surface area contributed by atoms with Gasteiger partial charge in [0.05, 0.1) is 5.69 Å². The van der Waals surface area contributed by atoms with Crippen LogP contribution in [-0.4, -0.2) is 25.9 Å². The molecule has 1 aliphatic heterocycles. The molecule has 126 valence electrons. The summed E-state index contributed by atoms with van der Waals surface area (Å²) in [5.74, 6) is 0.946. The molecule has 0 spiro atoms. The third-order valence-electron chi connectivity index (χ3n) is 4.21. The number of aromatic nitrogens is 4. The summed E-state index contributed by atoms with van der Waals surface area (Å²) in [4.78, 5) is 12.3. The maximum absolute atomic E-state index is 12.3. The fourth-order valence-electron chi connectivity index (χ4n) is 3.11. The summed E-state index contributed by atoms with van der Waals surface area (Å²) in [6.07, 6.45) is 0.355. The highest BCUT2D eigenvalue weighted by Gasteiger charge is 2.32. The largest absolute Gasteiger partial charge is 0.310 e. The molecule has 25 heavy (non-hydrogen) atoms. The summed E-state index contributed by atoms with van der Waals surface area (Å²) in [6, 6.07) is 10.9. The Hall–Kier alpha value is -2.44. The molecule has 4 rings (SSSR count). The number of fused-ring (bicyclic) bond motifs is 1. The first-order chi connectivity index (χ1) is 12.0. The SMILES string of the molecule is Cc1nn(-c2ccc(Cl)nn2)c2c1C(c1ccc(Cl)cc1)CC(=O)N2. The Morgan fingerprint density at radius 2 is 1.88 bits per heavy atom. The predicted molar refractivity (Wildman–Crippen MR) is 95.4 cm³/mol. The predicted octanol–water partition coefficient (Wildman–Crippen LogP) is 3.75. The van der Waals surface area contributed by atoms with E-state index in [0.717, 1.165) is 16.8 Å². The van der Waals surface area contributed by atoms with Crippen LogP contribution in [0.5, 0.6) is 0 Å². The van der Waals surface area contributed by atoms with Gasteiger partial charge in [-0.3, -0.25) is 4.79 Å². The Labute approximate surface area is 153 Å². The average Bonchev–Trinajstić information content (AvgIpc) is 2.92. The Morgan fingerprint density at radius 3 is 2.56 bits per heavy atom. The normalized spacial score (nSPS) is 16.4. The van der Waals surface area contributed by atoms with Gasteiger partial charge in [0.1, 0.15) is 5.82 Å². The van der Waals surface area contributed by atoms with Gasteiger partial charge in [0, 0.05) is 22.9 Å². The second kappa shape index (κ2) is 6.13. The van der Waals surface area contributed by atoms with Crippen molar-refractivity contribution in [1.82, 2.24) is 20.0 Å². The summed E-state index contributed by atoms with van der Waals surface area (Å²) in [7, 11) is 0. The van der Waals surface area contributed by atoms with Crippen molar-refractivity contribution < 1.29 is 4.79 Å². The van der Waals surface area contributed by atoms with E-state index in [1.807, 2.05) is 31.2 Å². The summed E-state index contributed by atoms with van der Waals surface area (Å²) < 4.78 is 1.59. The van der Waals surface area contributed by atoms with Crippen molar-refractivity contribution in [3.05, 3.63) is 63.4 Å². The van der Waals surface area contributed by atoms with Crippen molar-refractivity contribution in [3.63, 3.8) is 0 Å². The molecular weight excluding hydrogens is 361 g/mol. The molecule has 0 saturated carbocycles. The van der Waals surface area contributed by atoms with Crippen LogP contribution in [0.2, 0.25) is 10.2 Å². The molecule has 1 N–H and O–H groups in total. The molecule has 0 bridgehead atoms. The lowest BCUT2D eigenvalue weighted by Gasteiger charge is -2.24. The molecule has 0 saturated heterocycles. The van der Waals surface area contributed by atoms with Crippen LogP contribution in [0, 0.1) is 6.92 Å². The number of aryl methyl sites for hydroxylation is 1. The summed E-state index contributed by atoms with van der Waals surface area (Å²) in [5, 5.41) is 16.3. The van der Waals surface area contributed by atoms with Crippen LogP contribution in [0.4, 0.5) is 5.82 Å². The van der Waals surface area contributed by atoms with Gasteiger partial charge < -0.3 is 5.32 Å². The van der Waals surface area contributed by atoms with E-state index in [2.05, 4.69) is 20.6 Å². The lowest BCUT2D eigenvalue weighted by Crippen LogP contribution is -2.25. The summed E-state index contributed by atoms with van der Waals surface area (Å²) >= 11 is 11.8. The number of amides is 1. The van der Waals surface area contributed by atoms with E-state index in [0.29, 0.717) is 28.2 Å². The summed E-state index contributed by atoms with van der Waals surface area (Å²) in [6.45, 7) is 1.92. The third-order valence-corrected chi connectivity index (χ3v) is 4.66. The van der Waals surface area contributed by atoms with Gasteiger partial charge in [-0.25, -0.2) is 0 Å². The van der Waals surface area contributed by atoms with Gasteiger partial charge in [-0.2, -0.15) is 9.78 Å². The van der Waals surface area contributed by atoms with Crippen LogP contribution in [0.15, 0.2) is 36.4 Å². The molecule has 3 aromatic rings. The zero-order valence-electron chi connectivity index (χ0n) is 13.2. The van der Waals surface area contributed by atoms with E-state index >= 15 is 0 Å². The number of anilines is 1. The van der Waals surface area contributed by atoms with Crippen LogP contribution in [0.25, 0.3) is 5.82 Å². The molecule has 0 aliphatic carbocycles. The number of hydrogen-bond acceptors (Lipinski definition) is 4. The number of carbonyl (C=O) groups excluding carboxylic acids is 1. The lowest BCUT2D eigenvalue weighted by molar-refractivity contribution is -0.116. The van der Waals surface area contributed by atoms with Gasteiger partial charge in [0.2, 0.25) is 5.91 Å². The zero-order valence-corrected chi connectivity index (χ0v) is 14.7. The number of hydrogen-bond donors (Lipinski definition) is 1. The van der Waals surface area contributed by atoms with Crippen molar-refractivity contribution in [3.8, 4) is 5.82 Å². The number of halogens is 2. The fraction of sp³-hybridized carbons (Fsp3) is 0.176. The molecular formula is C17H13Cl2N5O.